The molecule has 25 heavy (non-hydrogen) atoms. The van der Waals surface area contributed by atoms with Gasteiger partial charge >= 0.3 is 0 Å². The van der Waals surface area contributed by atoms with Gasteiger partial charge in [0.15, 0.2) is 11.5 Å². The van der Waals surface area contributed by atoms with Gasteiger partial charge in [-0.3, -0.25) is 0 Å². The van der Waals surface area contributed by atoms with Gasteiger partial charge in [-0.1, -0.05) is 48.0 Å². The molecule has 0 spiro atoms. The maximum absolute atomic E-state index is 9.94. The summed E-state index contributed by atoms with van der Waals surface area (Å²) in [5, 5.41) is 28.2. The van der Waals surface area contributed by atoms with E-state index < -0.39 is 0 Å². The maximum Gasteiger partial charge on any atom is 0.161 e. The first-order chi connectivity index (χ1) is 11.8. The fourth-order valence-electron chi connectivity index (χ4n) is 2.94. The fraction of sp³-hybridized carbons (Fsp3) is 0.300. The van der Waals surface area contributed by atoms with E-state index in [1.807, 2.05) is 30.4 Å². The highest BCUT2D eigenvalue weighted by atomic mass is 79.9. The van der Waals surface area contributed by atoms with E-state index in [-0.39, 0.29) is 16.7 Å². The third-order valence-corrected chi connectivity index (χ3v) is 4.72. The van der Waals surface area contributed by atoms with Crippen LogP contribution in [0, 0.1) is 28.1 Å². The fourth-order valence-corrected chi connectivity index (χ4v) is 3.40. The minimum absolute atomic E-state index is 0.0258. The van der Waals surface area contributed by atoms with E-state index in [1.165, 1.54) is 7.11 Å². The van der Waals surface area contributed by atoms with E-state index in [2.05, 4.69) is 29.8 Å². The molecule has 0 saturated heterocycles. The van der Waals surface area contributed by atoms with Crippen molar-refractivity contribution >= 4 is 22.0 Å². The van der Waals surface area contributed by atoms with Gasteiger partial charge in [-0.05, 0) is 47.1 Å². The summed E-state index contributed by atoms with van der Waals surface area (Å²) in [5.74, 6) is 0.472. The van der Waals surface area contributed by atoms with Crippen molar-refractivity contribution in [3.05, 3.63) is 51.0 Å². The lowest BCUT2D eigenvalue weighted by Crippen LogP contribution is -2.17. The third-order valence-electron chi connectivity index (χ3n) is 4.03. The minimum Gasteiger partial charge on any atom is -0.504 e. The van der Waals surface area contributed by atoms with Crippen LogP contribution in [0.3, 0.4) is 0 Å². The number of ether oxygens (including phenoxy) is 1. The number of nitrogens with zero attached hydrogens (tertiary/aromatic N) is 2. The van der Waals surface area contributed by atoms with Gasteiger partial charge in [0, 0.05) is 4.47 Å². The topological polar surface area (TPSA) is 77.0 Å². The second-order valence-corrected chi connectivity index (χ2v) is 7.59. The summed E-state index contributed by atoms with van der Waals surface area (Å²) in [5.41, 5.74) is 2.77. The number of nitriles is 2. The van der Waals surface area contributed by atoms with Gasteiger partial charge in [-0.2, -0.15) is 10.5 Å². The number of phenolic OH excluding ortho intramolecular Hbond substituents is 1. The summed E-state index contributed by atoms with van der Waals surface area (Å²) in [4.78, 5) is 0. The Morgan fingerprint density at radius 2 is 1.92 bits per heavy atom. The Labute approximate surface area is 156 Å². The first-order valence-corrected chi connectivity index (χ1v) is 8.57. The number of aromatic hydroxyl groups is 1. The standard InChI is InChI=1S/C20H19BrN2O2/c1-20(2)9-13(6-15(10-20)16(11-22)12-23)4-5-14-7-18(24)19(25-3)8-17(14)21/h4-8,24H,9-10H2,1-3H3/b5-4+. The van der Waals surface area contributed by atoms with Crippen molar-refractivity contribution in [2.24, 2.45) is 5.41 Å². The van der Waals surface area contributed by atoms with Crippen LogP contribution in [-0.2, 0) is 0 Å². The highest BCUT2D eigenvalue weighted by Gasteiger charge is 2.26. The zero-order valence-electron chi connectivity index (χ0n) is 14.4. The molecule has 128 valence electrons. The molecule has 1 aromatic carbocycles. The monoisotopic (exact) mass is 398 g/mol. The number of halogens is 1. The number of methoxy groups -OCH3 is 1. The first kappa shape index (κ1) is 18.8. The molecule has 1 aliphatic rings. The van der Waals surface area contributed by atoms with E-state index in [0.717, 1.165) is 27.6 Å². The normalized spacial score (nSPS) is 16.1. The number of hydrogen-bond donors (Lipinski definition) is 1. The average molecular weight is 399 g/mol. The predicted octanol–water partition coefficient (Wildman–Crippen LogP) is 5.27. The lowest BCUT2D eigenvalue weighted by Gasteiger charge is -2.30. The molecule has 0 fully saturated rings. The highest BCUT2D eigenvalue weighted by molar-refractivity contribution is 9.10. The molecule has 1 aliphatic carbocycles. The van der Waals surface area contributed by atoms with E-state index in [9.17, 15) is 5.11 Å². The Hall–Kier alpha value is -2.50. The maximum atomic E-state index is 9.94. The van der Waals surface area contributed by atoms with Gasteiger partial charge in [-0.15, -0.1) is 0 Å². The molecule has 0 atom stereocenters. The molecule has 5 heteroatoms. The van der Waals surface area contributed by atoms with Crippen LogP contribution in [0.4, 0.5) is 0 Å². The van der Waals surface area contributed by atoms with Crippen molar-refractivity contribution in [3.63, 3.8) is 0 Å². The van der Waals surface area contributed by atoms with Gasteiger partial charge in [0.1, 0.15) is 17.7 Å². The lowest BCUT2D eigenvalue weighted by atomic mass is 9.74. The largest absolute Gasteiger partial charge is 0.504 e. The summed E-state index contributed by atoms with van der Waals surface area (Å²) in [7, 11) is 1.50. The Bertz CT molecular complexity index is 849. The second-order valence-electron chi connectivity index (χ2n) is 6.74. The molecular weight excluding hydrogens is 380 g/mol. The summed E-state index contributed by atoms with van der Waals surface area (Å²) in [6.07, 6.45) is 7.32. The molecule has 0 aromatic heterocycles. The number of rotatable bonds is 3. The number of benzene rings is 1. The summed E-state index contributed by atoms with van der Waals surface area (Å²) < 4.78 is 5.89. The van der Waals surface area contributed by atoms with Crippen molar-refractivity contribution in [3.8, 4) is 23.6 Å². The smallest absolute Gasteiger partial charge is 0.161 e. The molecule has 0 radical (unpaired) electrons. The van der Waals surface area contributed by atoms with E-state index >= 15 is 0 Å². The van der Waals surface area contributed by atoms with Crippen molar-refractivity contribution in [1.82, 2.24) is 0 Å². The number of allylic oxidation sites excluding steroid dienone is 5. The molecule has 0 bridgehead atoms. The Balaban J connectivity index is 2.40. The van der Waals surface area contributed by atoms with Crippen molar-refractivity contribution in [1.29, 1.82) is 10.5 Å². The van der Waals surface area contributed by atoms with Crippen LogP contribution in [-0.4, -0.2) is 12.2 Å². The van der Waals surface area contributed by atoms with Crippen LogP contribution in [0.1, 0.15) is 32.3 Å². The molecule has 1 N–H and O–H groups in total. The second kappa shape index (κ2) is 7.59. The molecular formula is C20H19BrN2O2. The van der Waals surface area contributed by atoms with Gasteiger partial charge in [0.25, 0.3) is 0 Å². The van der Waals surface area contributed by atoms with Crippen molar-refractivity contribution < 1.29 is 9.84 Å². The summed E-state index contributed by atoms with van der Waals surface area (Å²) in [6.45, 7) is 4.24. The van der Waals surface area contributed by atoms with Crippen LogP contribution in [0.2, 0.25) is 0 Å². The lowest BCUT2D eigenvalue weighted by molar-refractivity contribution is 0.354. The van der Waals surface area contributed by atoms with Crippen LogP contribution in [0.15, 0.2) is 45.5 Å². The first-order valence-electron chi connectivity index (χ1n) is 7.78. The zero-order valence-corrected chi connectivity index (χ0v) is 16.0. The SMILES string of the molecule is COc1cc(Br)c(/C=C/C2=CC(=C(C#N)C#N)CC(C)(C)C2)cc1O. The molecule has 4 nitrogen and oxygen atoms in total. The average Bonchev–Trinajstić information content (AvgIpc) is 2.55. The van der Waals surface area contributed by atoms with Crippen LogP contribution >= 0.6 is 15.9 Å². The Kier molecular flexibility index (Phi) is 5.72. The van der Waals surface area contributed by atoms with Crippen molar-refractivity contribution in [2.45, 2.75) is 26.7 Å². The highest BCUT2D eigenvalue weighted by Crippen LogP contribution is 2.40. The molecule has 0 saturated carbocycles. The predicted molar refractivity (Wildman–Crippen MR) is 101 cm³/mol. The van der Waals surface area contributed by atoms with Crippen LogP contribution in [0.5, 0.6) is 11.5 Å². The molecule has 2 rings (SSSR count). The van der Waals surface area contributed by atoms with Gasteiger partial charge in [0.05, 0.1) is 7.11 Å². The molecule has 0 aliphatic heterocycles. The molecule has 0 amide bonds. The summed E-state index contributed by atoms with van der Waals surface area (Å²) in [6, 6.07) is 7.29. The molecule has 0 unspecified atom stereocenters. The van der Waals surface area contributed by atoms with Crippen LogP contribution < -0.4 is 4.74 Å². The van der Waals surface area contributed by atoms with E-state index in [4.69, 9.17) is 15.3 Å². The zero-order chi connectivity index (χ0) is 18.6. The van der Waals surface area contributed by atoms with E-state index in [0.29, 0.717) is 12.2 Å². The van der Waals surface area contributed by atoms with Crippen LogP contribution in [0.25, 0.3) is 6.08 Å². The summed E-state index contributed by atoms with van der Waals surface area (Å²) >= 11 is 3.47. The Morgan fingerprint density at radius 1 is 1.24 bits per heavy atom. The number of hydrogen-bond acceptors (Lipinski definition) is 4. The molecule has 1 aromatic rings. The Morgan fingerprint density at radius 3 is 2.52 bits per heavy atom. The molecule has 0 heterocycles. The van der Waals surface area contributed by atoms with E-state index in [1.54, 1.807) is 12.1 Å². The third kappa shape index (κ3) is 4.53. The van der Waals surface area contributed by atoms with Gasteiger partial charge in [-0.25, -0.2) is 0 Å². The minimum atomic E-state index is -0.0258. The quantitative estimate of drug-likeness (QED) is 0.703. The van der Waals surface area contributed by atoms with Crippen molar-refractivity contribution in [2.75, 3.05) is 7.11 Å². The number of phenols is 1. The van der Waals surface area contributed by atoms with Gasteiger partial charge < -0.3 is 9.84 Å². The van der Waals surface area contributed by atoms with Gasteiger partial charge in [0.2, 0.25) is 0 Å².